The maximum absolute atomic E-state index is 12.9. The third kappa shape index (κ3) is 6.06. The Hall–Kier alpha value is -4.11. The van der Waals surface area contributed by atoms with Gasteiger partial charge in [-0.3, -0.25) is 14.2 Å². The molecule has 0 saturated carbocycles. The van der Waals surface area contributed by atoms with Gasteiger partial charge in [0.05, 0.1) is 30.7 Å². The molecular formula is C29H31N5O3S. The van der Waals surface area contributed by atoms with E-state index in [4.69, 9.17) is 4.74 Å². The number of benzene rings is 3. The summed E-state index contributed by atoms with van der Waals surface area (Å²) < 4.78 is 7.22. The number of nitrogens with zero attached hydrogens (tertiary/aromatic N) is 3. The molecule has 3 aromatic carbocycles. The minimum absolute atomic E-state index is 0.134. The first-order chi connectivity index (χ1) is 18.3. The summed E-state index contributed by atoms with van der Waals surface area (Å²) in [4.78, 5) is 25.7. The van der Waals surface area contributed by atoms with Crippen LogP contribution in [0.2, 0.25) is 0 Å². The van der Waals surface area contributed by atoms with Crippen LogP contribution in [0.15, 0.2) is 65.8 Å². The molecule has 0 aliphatic heterocycles. The zero-order chi connectivity index (χ0) is 27.2. The molecule has 0 radical (unpaired) electrons. The predicted octanol–water partition coefficient (Wildman–Crippen LogP) is 5.17. The Balaban J connectivity index is 1.56. The van der Waals surface area contributed by atoms with Gasteiger partial charge >= 0.3 is 0 Å². The first-order valence-electron chi connectivity index (χ1n) is 12.2. The van der Waals surface area contributed by atoms with E-state index in [0.29, 0.717) is 22.3 Å². The van der Waals surface area contributed by atoms with E-state index in [-0.39, 0.29) is 24.1 Å². The number of aromatic nitrogens is 3. The Morgan fingerprint density at radius 2 is 1.74 bits per heavy atom. The molecule has 0 fully saturated rings. The standard InChI is InChI=1S/C29H31N5O3S/c1-18-13-14-20(3)23(15-18)31-27(35)17-38-29-33-32-26(34(29)24-11-8-9-19(2)21(24)4)16-30-28(36)22-10-6-7-12-25(22)37-5/h6-15H,16-17H2,1-5H3,(H,30,36)(H,31,35). The third-order valence-corrected chi connectivity index (χ3v) is 7.20. The number of amides is 2. The molecule has 2 amide bonds. The van der Waals surface area contributed by atoms with Crippen LogP contribution >= 0.6 is 11.8 Å². The summed E-state index contributed by atoms with van der Waals surface area (Å²) in [7, 11) is 1.53. The van der Waals surface area contributed by atoms with E-state index in [0.717, 1.165) is 33.6 Å². The van der Waals surface area contributed by atoms with Gasteiger partial charge < -0.3 is 15.4 Å². The van der Waals surface area contributed by atoms with E-state index in [1.807, 2.05) is 74.7 Å². The number of anilines is 1. The molecule has 0 atom stereocenters. The Morgan fingerprint density at radius 1 is 0.947 bits per heavy atom. The lowest BCUT2D eigenvalue weighted by Crippen LogP contribution is -2.25. The molecule has 38 heavy (non-hydrogen) atoms. The van der Waals surface area contributed by atoms with Crippen LogP contribution in [-0.4, -0.2) is 39.4 Å². The van der Waals surface area contributed by atoms with Crippen molar-refractivity contribution >= 4 is 29.3 Å². The smallest absolute Gasteiger partial charge is 0.255 e. The fraction of sp³-hybridized carbons (Fsp3) is 0.241. The lowest BCUT2D eigenvalue weighted by molar-refractivity contribution is -0.113. The zero-order valence-electron chi connectivity index (χ0n) is 22.2. The number of hydrogen-bond acceptors (Lipinski definition) is 6. The number of ether oxygens (including phenoxy) is 1. The minimum atomic E-state index is -0.278. The van der Waals surface area contributed by atoms with Crippen LogP contribution in [0.3, 0.4) is 0 Å². The van der Waals surface area contributed by atoms with Crippen molar-refractivity contribution in [1.29, 1.82) is 0 Å². The molecule has 0 unspecified atom stereocenters. The lowest BCUT2D eigenvalue weighted by Gasteiger charge is -2.15. The van der Waals surface area contributed by atoms with Crippen molar-refractivity contribution in [2.45, 2.75) is 39.4 Å². The third-order valence-electron chi connectivity index (χ3n) is 6.28. The van der Waals surface area contributed by atoms with Crippen LogP contribution in [0.25, 0.3) is 5.69 Å². The normalized spacial score (nSPS) is 10.8. The van der Waals surface area contributed by atoms with E-state index >= 15 is 0 Å². The highest BCUT2D eigenvalue weighted by molar-refractivity contribution is 7.99. The molecule has 9 heteroatoms. The van der Waals surface area contributed by atoms with Crippen LogP contribution in [0.5, 0.6) is 5.75 Å². The van der Waals surface area contributed by atoms with Crippen molar-refractivity contribution in [3.8, 4) is 11.4 Å². The molecule has 2 N–H and O–H groups in total. The molecule has 8 nitrogen and oxygen atoms in total. The molecule has 0 saturated heterocycles. The Kier molecular flexibility index (Phi) is 8.48. The van der Waals surface area contributed by atoms with E-state index in [1.165, 1.54) is 18.9 Å². The molecule has 196 valence electrons. The quantitative estimate of drug-likeness (QED) is 0.290. The summed E-state index contributed by atoms with van der Waals surface area (Å²) in [5, 5.41) is 15.2. The number of methoxy groups -OCH3 is 1. The second kappa shape index (κ2) is 12.0. The predicted molar refractivity (Wildman–Crippen MR) is 150 cm³/mol. The van der Waals surface area contributed by atoms with Crippen molar-refractivity contribution in [2.24, 2.45) is 0 Å². The summed E-state index contributed by atoms with van der Waals surface area (Å²) in [5.74, 6) is 0.793. The number of rotatable bonds is 9. The van der Waals surface area contributed by atoms with Gasteiger partial charge in [0.25, 0.3) is 5.91 Å². The number of carbonyl (C=O) groups excluding carboxylic acids is 2. The first-order valence-corrected chi connectivity index (χ1v) is 13.2. The average molecular weight is 530 g/mol. The van der Waals surface area contributed by atoms with Crippen LogP contribution in [0.1, 0.15) is 38.4 Å². The number of para-hydroxylation sites is 1. The number of carbonyl (C=O) groups is 2. The molecule has 0 aliphatic rings. The maximum atomic E-state index is 12.9. The van der Waals surface area contributed by atoms with Gasteiger partial charge in [-0.1, -0.05) is 48.2 Å². The molecule has 4 rings (SSSR count). The number of nitrogens with one attached hydrogen (secondary N) is 2. The number of thioether (sulfide) groups is 1. The summed E-state index contributed by atoms with van der Waals surface area (Å²) in [5.41, 5.74) is 6.38. The molecule has 0 aliphatic carbocycles. The topological polar surface area (TPSA) is 98.1 Å². The van der Waals surface area contributed by atoms with Gasteiger partial charge in [0, 0.05) is 5.69 Å². The van der Waals surface area contributed by atoms with Crippen LogP contribution in [-0.2, 0) is 11.3 Å². The van der Waals surface area contributed by atoms with Crippen LogP contribution in [0, 0.1) is 27.7 Å². The largest absolute Gasteiger partial charge is 0.496 e. The Bertz CT molecular complexity index is 1480. The molecule has 4 aromatic rings. The van der Waals surface area contributed by atoms with Crippen LogP contribution in [0.4, 0.5) is 5.69 Å². The molecule has 1 aromatic heterocycles. The van der Waals surface area contributed by atoms with E-state index in [1.54, 1.807) is 18.2 Å². The SMILES string of the molecule is COc1ccccc1C(=O)NCc1nnc(SCC(=O)Nc2cc(C)ccc2C)n1-c1cccc(C)c1C. The van der Waals surface area contributed by atoms with Gasteiger partial charge in [-0.25, -0.2) is 0 Å². The van der Waals surface area contributed by atoms with Crippen molar-refractivity contribution < 1.29 is 14.3 Å². The van der Waals surface area contributed by atoms with Crippen molar-refractivity contribution in [3.63, 3.8) is 0 Å². The van der Waals surface area contributed by atoms with E-state index in [9.17, 15) is 9.59 Å². The number of hydrogen-bond donors (Lipinski definition) is 2. The fourth-order valence-corrected chi connectivity index (χ4v) is 4.77. The summed E-state index contributed by atoms with van der Waals surface area (Å²) in [6.45, 7) is 8.17. The summed E-state index contributed by atoms with van der Waals surface area (Å²) >= 11 is 1.30. The average Bonchev–Trinajstić information content (AvgIpc) is 3.32. The van der Waals surface area contributed by atoms with Gasteiger partial charge in [0.1, 0.15) is 5.75 Å². The monoisotopic (exact) mass is 529 g/mol. The Morgan fingerprint density at radius 3 is 2.53 bits per heavy atom. The second-order valence-electron chi connectivity index (χ2n) is 8.99. The van der Waals surface area contributed by atoms with E-state index < -0.39 is 0 Å². The highest BCUT2D eigenvalue weighted by Crippen LogP contribution is 2.27. The van der Waals surface area contributed by atoms with Crippen molar-refractivity contribution in [2.75, 3.05) is 18.2 Å². The van der Waals surface area contributed by atoms with Gasteiger partial charge in [-0.05, 0) is 74.2 Å². The van der Waals surface area contributed by atoms with Gasteiger partial charge in [0.15, 0.2) is 11.0 Å². The zero-order valence-corrected chi connectivity index (χ0v) is 23.0. The van der Waals surface area contributed by atoms with Gasteiger partial charge in [-0.15, -0.1) is 10.2 Å². The van der Waals surface area contributed by atoms with Gasteiger partial charge in [-0.2, -0.15) is 0 Å². The Labute approximate surface area is 226 Å². The minimum Gasteiger partial charge on any atom is -0.496 e. The first kappa shape index (κ1) is 26.9. The second-order valence-corrected chi connectivity index (χ2v) is 9.93. The molecule has 0 bridgehead atoms. The van der Waals surface area contributed by atoms with Crippen molar-refractivity contribution in [1.82, 2.24) is 20.1 Å². The lowest BCUT2D eigenvalue weighted by atomic mass is 10.1. The summed E-state index contributed by atoms with van der Waals surface area (Å²) in [6.07, 6.45) is 0. The van der Waals surface area contributed by atoms with Crippen LogP contribution < -0.4 is 15.4 Å². The van der Waals surface area contributed by atoms with Crippen molar-refractivity contribution in [3.05, 3.63) is 94.3 Å². The van der Waals surface area contributed by atoms with Gasteiger partial charge in [0.2, 0.25) is 5.91 Å². The maximum Gasteiger partial charge on any atom is 0.255 e. The fourth-order valence-electron chi connectivity index (χ4n) is 4.00. The summed E-state index contributed by atoms with van der Waals surface area (Å²) in [6, 6.07) is 19.0. The molecular weight excluding hydrogens is 498 g/mol. The van der Waals surface area contributed by atoms with E-state index in [2.05, 4.69) is 20.8 Å². The molecule has 0 spiro atoms. The molecule has 1 heterocycles. The highest BCUT2D eigenvalue weighted by Gasteiger charge is 2.20. The number of aryl methyl sites for hydroxylation is 3. The highest BCUT2D eigenvalue weighted by atomic mass is 32.2.